The maximum Gasteiger partial charge on any atom is 0.255 e. The fraction of sp³-hybridized carbons (Fsp3) is 0.393. The van der Waals surface area contributed by atoms with E-state index in [0.717, 1.165) is 36.3 Å². The summed E-state index contributed by atoms with van der Waals surface area (Å²) in [6, 6.07) is 10.4. The number of aryl methyl sites for hydroxylation is 1. The summed E-state index contributed by atoms with van der Waals surface area (Å²) in [5, 5.41) is 2.88. The van der Waals surface area contributed by atoms with Crippen LogP contribution in [0.2, 0.25) is 0 Å². The van der Waals surface area contributed by atoms with Crippen LogP contribution in [0.15, 0.2) is 42.7 Å². The molecule has 2 aromatic carbocycles. The van der Waals surface area contributed by atoms with Crippen molar-refractivity contribution in [3.63, 3.8) is 0 Å². The summed E-state index contributed by atoms with van der Waals surface area (Å²) >= 11 is 0. The molecule has 0 saturated carbocycles. The van der Waals surface area contributed by atoms with Crippen LogP contribution in [0.4, 0.5) is 17.2 Å². The van der Waals surface area contributed by atoms with Crippen LogP contribution in [0.3, 0.4) is 0 Å². The van der Waals surface area contributed by atoms with Gasteiger partial charge in [0.15, 0.2) is 5.75 Å². The Balaban J connectivity index is 1.62. The number of aromatic nitrogens is 2. The molecule has 1 aliphatic heterocycles. The molecule has 4 rings (SSSR count). The number of morpholine rings is 1. The lowest BCUT2D eigenvalue weighted by atomic mass is 9.86. The molecule has 1 aliphatic rings. The molecule has 0 atom stereocenters. The molecule has 12 heteroatoms. The highest BCUT2D eigenvalue weighted by Crippen LogP contribution is 2.39. The van der Waals surface area contributed by atoms with Gasteiger partial charge in [0.2, 0.25) is 15.9 Å². The first-order valence-corrected chi connectivity index (χ1v) is 14.7. The quantitative estimate of drug-likeness (QED) is 0.406. The lowest BCUT2D eigenvalue weighted by molar-refractivity contribution is 0.102. The second-order valence-electron chi connectivity index (χ2n) is 10.6. The van der Waals surface area contributed by atoms with E-state index in [1.807, 2.05) is 27.7 Å². The van der Waals surface area contributed by atoms with Gasteiger partial charge in [0, 0.05) is 24.7 Å². The summed E-state index contributed by atoms with van der Waals surface area (Å²) in [6.07, 6.45) is 2.51. The van der Waals surface area contributed by atoms with Crippen LogP contribution in [0.1, 0.15) is 42.3 Å². The summed E-state index contributed by atoms with van der Waals surface area (Å²) in [5.74, 6) is 1.34. The van der Waals surface area contributed by atoms with Crippen molar-refractivity contribution in [1.82, 2.24) is 9.97 Å². The van der Waals surface area contributed by atoms with Gasteiger partial charge in [-0.1, -0.05) is 26.8 Å². The van der Waals surface area contributed by atoms with E-state index in [1.54, 1.807) is 36.4 Å². The van der Waals surface area contributed by atoms with E-state index in [4.69, 9.17) is 14.2 Å². The van der Waals surface area contributed by atoms with Gasteiger partial charge in [-0.3, -0.25) is 9.52 Å². The normalized spacial score (nSPS) is 14.0. The van der Waals surface area contributed by atoms with Crippen LogP contribution in [-0.2, 0) is 20.2 Å². The third-order valence-corrected chi connectivity index (χ3v) is 6.92. The predicted octanol–water partition coefficient (Wildman–Crippen LogP) is 4.34. The van der Waals surface area contributed by atoms with E-state index in [9.17, 15) is 13.2 Å². The van der Waals surface area contributed by atoms with Gasteiger partial charge in [-0.2, -0.15) is 0 Å². The van der Waals surface area contributed by atoms with Gasteiger partial charge in [0.25, 0.3) is 5.91 Å². The molecule has 214 valence electrons. The third kappa shape index (κ3) is 7.19. The SMILES string of the molecule is COc1c(NC(=O)c2ccc(C)c(Oc3cc(N4CCOCC4)ncn3)c2)cc(C(C)(C)C)cc1NS(C)(=O)=O. The van der Waals surface area contributed by atoms with Gasteiger partial charge in [-0.25, -0.2) is 18.4 Å². The number of hydrogen-bond donors (Lipinski definition) is 2. The Kier molecular flexibility index (Phi) is 8.50. The minimum atomic E-state index is -3.60. The molecule has 2 heterocycles. The van der Waals surface area contributed by atoms with Gasteiger partial charge in [0.1, 0.15) is 17.9 Å². The molecule has 0 spiro atoms. The smallest absolute Gasteiger partial charge is 0.255 e. The van der Waals surface area contributed by atoms with E-state index < -0.39 is 15.9 Å². The second kappa shape index (κ2) is 11.7. The Morgan fingerprint density at radius 3 is 2.40 bits per heavy atom. The summed E-state index contributed by atoms with van der Waals surface area (Å²) < 4.78 is 43.6. The van der Waals surface area contributed by atoms with Crippen LogP contribution < -0.4 is 24.4 Å². The zero-order valence-electron chi connectivity index (χ0n) is 23.6. The lowest BCUT2D eigenvalue weighted by Crippen LogP contribution is -2.36. The zero-order valence-corrected chi connectivity index (χ0v) is 24.4. The number of nitrogens with zero attached hydrogens (tertiary/aromatic N) is 3. The van der Waals surface area contributed by atoms with Crippen LogP contribution in [-0.4, -0.2) is 64.0 Å². The first-order valence-electron chi connectivity index (χ1n) is 12.8. The molecule has 40 heavy (non-hydrogen) atoms. The number of benzene rings is 2. The number of methoxy groups -OCH3 is 1. The Bertz CT molecular complexity index is 1500. The number of anilines is 3. The van der Waals surface area contributed by atoms with Gasteiger partial charge >= 0.3 is 0 Å². The minimum absolute atomic E-state index is 0.201. The second-order valence-corrected chi connectivity index (χ2v) is 12.3. The number of sulfonamides is 1. The van der Waals surface area contributed by atoms with Crippen LogP contribution in [0.25, 0.3) is 0 Å². The Morgan fingerprint density at radius 2 is 1.75 bits per heavy atom. The molecule has 3 aromatic rings. The average Bonchev–Trinajstić information content (AvgIpc) is 2.89. The summed E-state index contributed by atoms with van der Waals surface area (Å²) in [4.78, 5) is 24.1. The number of rotatable bonds is 8. The molecule has 1 saturated heterocycles. The highest BCUT2D eigenvalue weighted by molar-refractivity contribution is 7.92. The molecule has 1 aromatic heterocycles. The molecule has 11 nitrogen and oxygen atoms in total. The number of amides is 1. The van der Waals surface area contributed by atoms with Gasteiger partial charge in [0.05, 0.1) is 38.0 Å². The van der Waals surface area contributed by atoms with Crippen molar-refractivity contribution in [2.75, 3.05) is 54.6 Å². The predicted molar refractivity (Wildman–Crippen MR) is 154 cm³/mol. The van der Waals surface area contributed by atoms with Crippen molar-refractivity contribution >= 4 is 33.1 Å². The van der Waals surface area contributed by atoms with Gasteiger partial charge in [-0.05, 0) is 47.7 Å². The van der Waals surface area contributed by atoms with Crippen molar-refractivity contribution in [2.24, 2.45) is 0 Å². The highest BCUT2D eigenvalue weighted by Gasteiger charge is 2.23. The summed E-state index contributed by atoms with van der Waals surface area (Å²) in [6.45, 7) is 10.6. The topological polar surface area (TPSA) is 132 Å². The number of ether oxygens (including phenoxy) is 3. The largest absolute Gasteiger partial charge is 0.492 e. The molecule has 1 amide bonds. The van der Waals surface area contributed by atoms with Crippen molar-refractivity contribution in [1.29, 1.82) is 0 Å². The molecule has 0 bridgehead atoms. The molecule has 1 fully saturated rings. The number of nitrogens with one attached hydrogen (secondary N) is 2. The van der Waals surface area contributed by atoms with Gasteiger partial charge in [-0.15, -0.1) is 0 Å². The van der Waals surface area contributed by atoms with Crippen molar-refractivity contribution in [3.05, 3.63) is 59.4 Å². The maximum absolute atomic E-state index is 13.4. The van der Waals surface area contributed by atoms with Gasteiger partial charge < -0.3 is 24.4 Å². The number of carbonyl (C=O) groups excluding carboxylic acids is 1. The summed E-state index contributed by atoms with van der Waals surface area (Å²) in [5.41, 5.74) is 2.20. The van der Waals surface area contributed by atoms with Crippen LogP contribution >= 0.6 is 0 Å². The Labute approximate surface area is 234 Å². The number of carbonyl (C=O) groups is 1. The third-order valence-electron chi connectivity index (χ3n) is 6.33. The Hall–Kier alpha value is -3.90. The maximum atomic E-state index is 13.4. The average molecular weight is 570 g/mol. The molecule has 0 unspecified atom stereocenters. The van der Waals surface area contributed by atoms with Crippen LogP contribution in [0, 0.1) is 6.92 Å². The number of hydrogen-bond acceptors (Lipinski definition) is 9. The van der Waals surface area contributed by atoms with E-state index in [-0.39, 0.29) is 16.9 Å². The van der Waals surface area contributed by atoms with Crippen LogP contribution in [0.5, 0.6) is 17.4 Å². The Morgan fingerprint density at radius 1 is 1.05 bits per heavy atom. The fourth-order valence-corrected chi connectivity index (χ4v) is 4.71. The highest BCUT2D eigenvalue weighted by atomic mass is 32.2. The monoisotopic (exact) mass is 569 g/mol. The first-order chi connectivity index (χ1) is 18.8. The van der Waals surface area contributed by atoms with E-state index in [0.29, 0.717) is 36.1 Å². The molecule has 0 aliphatic carbocycles. The standard InChI is InChI=1S/C28H35N5O6S/c1-18-7-8-19(13-23(18)39-25-16-24(29-17-30-25)33-9-11-38-12-10-33)27(34)31-21-14-20(28(2,3)4)15-22(26(21)37-5)32-40(6,35)36/h7-8,13-17,32H,9-12H2,1-6H3,(H,31,34). The van der Waals surface area contributed by atoms with Crippen molar-refractivity contribution in [3.8, 4) is 17.4 Å². The van der Waals surface area contributed by atoms with E-state index in [1.165, 1.54) is 13.4 Å². The zero-order chi connectivity index (χ0) is 29.1. The lowest BCUT2D eigenvalue weighted by Gasteiger charge is -2.27. The first kappa shape index (κ1) is 29.1. The summed E-state index contributed by atoms with van der Waals surface area (Å²) in [7, 11) is -2.18. The molecular formula is C28H35N5O6S. The minimum Gasteiger partial charge on any atom is -0.492 e. The van der Waals surface area contributed by atoms with E-state index in [2.05, 4.69) is 24.9 Å². The van der Waals surface area contributed by atoms with Crippen molar-refractivity contribution in [2.45, 2.75) is 33.1 Å². The van der Waals surface area contributed by atoms with Crippen molar-refractivity contribution < 1.29 is 27.4 Å². The molecular weight excluding hydrogens is 534 g/mol. The molecule has 0 radical (unpaired) electrons. The van der Waals surface area contributed by atoms with E-state index >= 15 is 0 Å². The fourth-order valence-electron chi connectivity index (χ4n) is 4.16. The molecule has 2 N–H and O–H groups in total.